The van der Waals surface area contributed by atoms with E-state index in [1.54, 1.807) is 0 Å². The van der Waals surface area contributed by atoms with E-state index in [0.29, 0.717) is 18.7 Å². The Hall–Kier alpha value is -3.78. The third-order valence-electron chi connectivity index (χ3n) is 5.69. The van der Waals surface area contributed by atoms with Crippen LogP contribution in [0.15, 0.2) is 45.1 Å². The van der Waals surface area contributed by atoms with Crippen molar-refractivity contribution in [3.8, 4) is 0 Å². The monoisotopic (exact) mass is 519 g/mol. The lowest BCUT2D eigenvalue weighted by atomic mass is 10.2. The minimum Gasteiger partial charge on any atom is -0.355 e. The molecule has 0 aliphatic heterocycles. The number of fused-ring (bicyclic) bond motifs is 1. The second-order valence-corrected chi connectivity index (χ2v) is 9.90. The molecular weight excluding hydrogens is 490 g/mol. The molecular formula is C22H29N7O6S. The topological polar surface area (TPSA) is 180 Å². The first-order valence-electron chi connectivity index (χ1n) is 11.3. The van der Waals surface area contributed by atoms with Crippen LogP contribution in [0.1, 0.15) is 36.0 Å². The summed E-state index contributed by atoms with van der Waals surface area (Å²) < 4.78 is 26.2. The molecule has 2 aromatic heterocycles. The van der Waals surface area contributed by atoms with E-state index < -0.39 is 21.3 Å². The average Bonchev–Trinajstić information content (AvgIpc) is 3.26. The summed E-state index contributed by atoms with van der Waals surface area (Å²) in [4.78, 5) is 52.9. The third-order valence-corrected chi connectivity index (χ3v) is 6.62. The van der Waals surface area contributed by atoms with Gasteiger partial charge in [-0.15, -0.1) is 0 Å². The van der Waals surface area contributed by atoms with E-state index in [0.717, 1.165) is 30.3 Å². The van der Waals surface area contributed by atoms with Crippen molar-refractivity contribution in [1.29, 1.82) is 0 Å². The predicted molar refractivity (Wildman–Crippen MR) is 132 cm³/mol. The third kappa shape index (κ3) is 6.26. The molecule has 0 aliphatic rings. The number of amides is 2. The molecule has 1 aromatic carbocycles. The highest BCUT2D eigenvalue weighted by Gasteiger charge is 2.16. The van der Waals surface area contributed by atoms with Crippen molar-refractivity contribution in [3.63, 3.8) is 0 Å². The maximum Gasteiger partial charge on any atom is 0.332 e. The van der Waals surface area contributed by atoms with Crippen LogP contribution in [-0.4, -0.2) is 52.0 Å². The maximum atomic E-state index is 12.4. The highest BCUT2D eigenvalue weighted by molar-refractivity contribution is 7.89. The van der Waals surface area contributed by atoms with Crippen LogP contribution in [0.2, 0.25) is 0 Å². The number of aryl methyl sites for hydroxylation is 1. The van der Waals surface area contributed by atoms with Crippen molar-refractivity contribution in [2.24, 2.45) is 19.2 Å². The van der Waals surface area contributed by atoms with E-state index in [9.17, 15) is 27.6 Å². The first-order chi connectivity index (χ1) is 17.0. The van der Waals surface area contributed by atoms with Crippen LogP contribution < -0.4 is 27.0 Å². The van der Waals surface area contributed by atoms with Crippen molar-refractivity contribution in [2.45, 2.75) is 37.1 Å². The molecule has 0 bridgehead atoms. The van der Waals surface area contributed by atoms with Crippen LogP contribution in [0, 0.1) is 0 Å². The minimum absolute atomic E-state index is 0.0549. The van der Waals surface area contributed by atoms with Gasteiger partial charge in [-0.25, -0.2) is 23.3 Å². The molecule has 0 atom stereocenters. The molecule has 0 unspecified atom stereocenters. The SMILES string of the molecule is Cn1c(=O)c2c(ncn2CC(=O)NCCCCCCNC(=O)c2ccc(S(N)(=O)=O)cc2)n(C)c1=O. The van der Waals surface area contributed by atoms with Crippen LogP contribution in [0.5, 0.6) is 0 Å². The number of nitrogens with two attached hydrogens (primary N) is 1. The summed E-state index contributed by atoms with van der Waals surface area (Å²) in [6.45, 7) is 0.839. The van der Waals surface area contributed by atoms with Gasteiger partial charge >= 0.3 is 5.69 Å². The zero-order valence-corrected chi connectivity index (χ0v) is 20.9. The number of hydrogen-bond donors (Lipinski definition) is 3. The van der Waals surface area contributed by atoms with Crippen LogP contribution in [0.3, 0.4) is 0 Å². The Morgan fingerprint density at radius 3 is 2.17 bits per heavy atom. The lowest BCUT2D eigenvalue weighted by Gasteiger charge is -2.08. The first kappa shape index (κ1) is 26.8. The summed E-state index contributed by atoms with van der Waals surface area (Å²) in [5.41, 5.74) is -0.233. The van der Waals surface area contributed by atoms with Crippen LogP contribution >= 0.6 is 0 Å². The Bertz CT molecular complexity index is 1490. The van der Waals surface area contributed by atoms with E-state index in [2.05, 4.69) is 15.6 Å². The lowest BCUT2D eigenvalue weighted by Crippen LogP contribution is -2.38. The Labute approximate surface area is 207 Å². The average molecular weight is 520 g/mol. The predicted octanol–water partition coefficient (Wildman–Crippen LogP) is -0.812. The molecule has 36 heavy (non-hydrogen) atoms. The van der Waals surface area contributed by atoms with Crippen molar-refractivity contribution in [1.82, 2.24) is 29.3 Å². The second kappa shape index (κ2) is 11.3. The first-order valence-corrected chi connectivity index (χ1v) is 12.8. The zero-order valence-electron chi connectivity index (χ0n) is 20.1. The van der Waals surface area contributed by atoms with E-state index in [1.165, 1.54) is 53.8 Å². The van der Waals surface area contributed by atoms with E-state index >= 15 is 0 Å². The number of imidazole rings is 1. The van der Waals surface area contributed by atoms with Crippen LogP contribution in [-0.2, 0) is 35.5 Å². The molecule has 4 N–H and O–H groups in total. The van der Waals surface area contributed by atoms with Gasteiger partial charge in [0.15, 0.2) is 11.2 Å². The van der Waals surface area contributed by atoms with E-state index in [1.807, 2.05) is 0 Å². The van der Waals surface area contributed by atoms with Crippen molar-refractivity contribution < 1.29 is 18.0 Å². The Balaban J connectivity index is 1.35. The highest BCUT2D eigenvalue weighted by Crippen LogP contribution is 2.09. The molecule has 3 aromatic rings. The van der Waals surface area contributed by atoms with Crippen molar-refractivity contribution >= 4 is 33.0 Å². The lowest BCUT2D eigenvalue weighted by molar-refractivity contribution is -0.121. The number of carbonyl (C=O) groups excluding carboxylic acids is 2. The number of sulfonamides is 1. The molecule has 0 saturated heterocycles. The van der Waals surface area contributed by atoms with Gasteiger partial charge in [-0.2, -0.15) is 0 Å². The molecule has 0 radical (unpaired) electrons. The molecule has 3 rings (SSSR count). The standard InChI is InChI=1S/C22H29N7O6S/c1-27-19-18(21(32)28(2)22(27)33)29(14-26-19)13-17(30)24-11-5-3-4-6-12-25-20(31)15-7-9-16(10-8-15)36(23,34)35/h7-10,14H,3-6,11-13H2,1-2H3,(H,24,30)(H,25,31)(H2,23,34,35). The summed E-state index contributed by atoms with van der Waals surface area (Å²) in [5.74, 6) is -0.573. The molecule has 0 aliphatic carbocycles. The largest absolute Gasteiger partial charge is 0.355 e. The number of carbonyl (C=O) groups is 2. The van der Waals surface area contributed by atoms with Crippen LogP contribution in [0.4, 0.5) is 0 Å². The fraction of sp³-hybridized carbons (Fsp3) is 0.409. The van der Waals surface area contributed by atoms with Gasteiger partial charge in [0.05, 0.1) is 11.2 Å². The van der Waals surface area contributed by atoms with Crippen LogP contribution in [0.25, 0.3) is 11.2 Å². The minimum atomic E-state index is -3.80. The van der Waals surface area contributed by atoms with Gasteiger partial charge in [-0.05, 0) is 37.1 Å². The molecule has 194 valence electrons. The van der Waals surface area contributed by atoms with Crippen molar-refractivity contribution in [3.05, 3.63) is 57.0 Å². The highest BCUT2D eigenvalue weighted by atomic mass is 32.2. The van der Waals surface area contributed by atoms with E-state index in [-0.39, 0.29) is 34.4 Å². The van der Waals surface area contributed by atoms with Gasteiger partial charge in [-0.3, -0.25) is 23.5 Å². The Morgan fingerprint density at radius 2 is 1.56 bits per heavy atom. The number of hydrogen-bond acceptors (Lipinski definition) is 7. The summed E-state index contributed by atoms with van der Waals surface area (Å²) in [6.07, 6.45) is 4.55. The number of unbranched alkanes of at least 4 members (excludes halogenated alkanes) is 3. The van der Waals surface area contributed by atoms with Gasteiger partial charge in [0, 0.05) is 32.7 Å². The molecule has 0 spiro atoms. The molecule has 13 nitrogen and oxygen atoms in total. The number of aromatic nitrogens is 4. The molecule has 2 heterocycles. The fourth-order valence-electron chi connectivity index (χ4n) is 3.66. The normalized spacial score (nSPS) is 11.5. The smallest absolute Gasteiger partial charge is 0.332 e. The number of rotatable bonds is 11. The number of nitrogens with zero attached hydrogens (tertiary/aromatic N) is 4. The van der Waals surface area contributed by atoms with Crippen molar-refractivity contribution in [2.75, 3.05) is 13.1 Å². The second-order valence-electron chi connectivity index (χ2n) is 8.34. The summed E-state index contributed by atoms with van der Waals surface area (Å²) in [6, 6.07) is 5.39. The molecule has 2 amide bonds. The zero-order chi connectivity index (χ0) is 26.5. The summed E-state index contributed by atoms with van der Waals surface area (Å²) >= 11 is 0. The number of benzene rings is 1. The summed E-state index contributed by atoms with van der Waals surface area (Å²) in [5, 5.41) is 10.6. The van der Waals surface area contributed by atoms with Gasteiger partial charge in [0.2, 0.25) is 15.9 Å². The Morgan fingerprint density at radius 1 is 0.944 bits per heavy atom. The number of primary sulfonamides is 1. The fourth-order valence-corrected chi connectivity index (χ4v) is 4.17. The molecule has 0 fully saturated rings. The van der Waals surface area contributed by atoms with Gasteiger partial charge in [-0.1, -0.05) is 12.8 Å². The number of nitrogens with one attached hydrogen (secondary N) is 2. The molecule has 0 saturated carbocycles. The molecule has 14 heteroatoms. The summed E-state index contributed by atoms with van der Waals surface area (Å²) in [7, 11) is -0.907. The van der Waals surface area contributed by atoms with Gasteiger partial charge in [0.25, 0.3) is 11.5 Å². The quantitative estimate of drug-likeness (QED) is 0.277. The Kier molecular flexibility index (Phi) is 8.42. The maximum absolute atomic E-state index is 12.4. The van der Waals surface area contributed by atoms with Gasteiger partial charge < -0.3 is 15.2 Å². The van der Waals surface area contributed by atoms with Gasteiger partial charge in [0.1, 0.15) is 6.54 Å². The van der Waals surface area contributed by atoms with E-state index in [4.69, 9.17) is 5.14 Å².